The Labute approximate surface area is 171 Å². The van der Waals surface area contributed by atoms with Crippen LogP contribution in [0.2, 0.25) is 0 Å². The van der Waals surface area contributed by atoms with Gasteiger partial charge in [0.15, 0.2) is 18.1 Å². The standard InChI is InChI=1S/C21H20N2O5S/c24-20(27-12-18-22-19(23-28-18)14-5-10-29-13-14)21(6-1-2-7-21)15-3-4-16-17(11-15)26-9-8-25-16/h3-5,10-11,13H,1-2,6-9,12H2. The zero-order valence-corrected chi connectivity index (χ0v) is 16.6. The molecular formula is C21H20N2O5S. The Morgan fingerprint density at radius 2 is 1.97 bits per heavy atom. The Bertz CT molecular complexity index is 1010. The van der Waals surface area contributed by atoms with Crippen molar-refractivity contribution in [3.8, 4) is 22.9 Å². The molecule has 2 aromatic heterocycles. The first kappa shape index (κ1) is 18.2. The number of ether oxygens (including phenoxy) is 3. The SMILES string of the molecule is O=C(OCc1nc(-c2ccsc2)no1)C1(c2ccc3c(c2)OCCO3)CCCC1. The van der Waals surface area contributed by atoms with Crippen molar-refractivity contribution in [2.75, 3.05) is 13.2 Å². The van der Waals surface area contributed by atoms with Gasteiger partial charge in [0.2, 0.25) is 5.82 Å². The highest BCUT2D eigenvalue weighted by atomic mass is 32.1. The quantitative estimate of drug-likeness (QED) is 0.583. The number of fused-ring (bicyclic) bond motifs is 1. The first-order chi connectivity index (χ1) is 14.2. The molecule has 3 heterocycles. The fourth-order valence-electron chi connectivity index (χ4n) is 4.02. The number of thiophene rings is 1. The number of esters is 1. The predicted octanol–water partition coefficient (Wildman–Crippen LogP) is 4.12. The van der Waals surface area contributed by atoms with Gasteiger partial charge >= 0.3 is 5.97 Å². The van der Waals surface area contributed by atoms with Crippen LogP contribution in [0.1, 0.15) is 37.1 Å². The van der Waals surface area contributed by atoms with Crippen LogP contribution in [0.4, 0.5) is 0 Å². The average molecular weight is 412 g/mol. The van der Waals surface area contributed by atoms with Gasteiger partial charge in [-0.25, -0.2) is 0 Å². The van der Waals surface area contributed by atoms with Crippen LogP contribution in [0, 0.1) is 0 Å². The van der Waals surface area contributed by atoms with E-state index in [2.05, 4.69) is 10.1 Å². The maximum Gasteiger partial charge on any atom is 0.317 e. The highest BCUT2D eigenvalue weighted by Gasteiger charge is 2.45. The third-order valence-electron chi connectivity index (χ3n) is 5.52. The van der Waals surface area contributed by atoms with E-state index in [9.17, 15) is 4.79 Å². The van der Waals surface area contributed by atoms with E-state index in [1.807, 2.05) is 35.0 Å². The Morgan fingerprint density at radius 3 is 2.76 bits per heavy atom. The van der Waals surface area contributed by atoms with Gasteiger partial charge in [-0.05, 0) is 42.0 Å². The summed E-state index contributed by atoms with van der Waals surface area (Å²) in [5, 5.41) is 7.84. The van der Waals surface area contributed by atoms with Gasteiger partial charge in [0.25, 0.3) is 5.89 Å². The molecule has 7 nitrogen and oxygen atoms in total. The molecule has 8 heteroatoms. The van der Waals surface area contributed by atoms with E-state index in [0.29, 0.717) is 30.5 Å². The van der Waals surface area contributed by atoms with Gasteiger partial charge in [-0.3, -0.25) is 4.79 Å². The molecule has 0 unspecified atom stereocenters. The molecule has 3 aromatic rings. The lowest BCUT2D eigenvalue weighted by Gasteiger charge is -2.28. The molecule has 150 valence electrons. The number of nitrogens with zero attached hydrogens (tertiary/aromatic N) is 2. The lowest BCUT2D eigenvalue weighted by Crippen LogP contribution is -2.35. The maximum absolute atomic E-state index is 13.2. The fraction of sp³-hybridized carbons (Fsp3) is 0.381. The Balaban J connectivity index is 1.34. The van der Waals surface area contributed by atoms with E-state index >= 15 is 0 Å². The summed E-state index contributed by atoms with van der Waals surface area (Å²) in [5.41, 5.74) is 1.13. The highest BCUT2D eigenvalue weighted by molar-refractivity contribution is 7.08. The minimum absolute atomic E-state index is 0.0394. The molecule has 0 bridgehead atoms. The largest absolute Gasteiger partial charge is 0.486 e. The number of carbonyl (C=O) groups excluding carboxylic acids is 1. The van der Waals surface area contributed by atoms with Crippen LogP contribution in [-0.2, 0) is 21.6 Å². The van der Waals surface area contributed by atoms with Crippen LogP contribution in [0.15, 0.2) is 39.5 Å². The summed E-state index contributed by atoms with van der Waals surface area (Å²) in [5.74, 6) is 1.93. The number of benzene rings is 1. The number of aromatic nitrogens is 2. The second-order valence-corrected chi connectivity index (χ2v) is 8.03. The van der Waals surface area contributed by atoms with Gasteiger partial charge < -0.3 is 18.7 Å². The molecule has 29 heavy (non-hydrogen) atoms. The van der Waals surface area contributed by atoms with Gasteiger partial charge in [-0.15, -0.1) is 0 Å². The average Bonchev–Trinajstić information content (AvgIpc) is 3.53. The molecule has 1 fully saturated rings. The Hall–Kier alpha value is -2.87. The zero-order valence-electron chi connectivity index (χ0n) is 15.8. The highest BCUT2D eigenvalue weighted by Crippen LogP contribution is 2.45. The summed E-state index contributed by atoms with van der Waals surface area (Å²) in [4.78, 5) is 17.5. The Kier molecular flexibility index (Phi) is 4.71. The van der Waals surface area contributed by atoms with Crippen molar-refractivity contribution in [3.63, 3.8) is 0 Å². The van der Waals surface area contributed by atoms with Crippen molar-refractivity contribution in [2.45, 2.75) is 37.7 Å². The molecule has 0 atom stereocenters. The number of carbonyl (C=O) groups is 1. The minimum Gasteiger partial charge on any atom is -0.486 e. The molecule has 0 saturated heterocycles. The lowest BCUT2D eigenvalue weighted by molar-refractivity contribution is -0.152. The zero-order chi connectivity index (χ0) is 19.7. The van der Waals surface area contributed by atoms with Gasteiger partial charge in [0, 0.05) is 10.9 Å². The smallest absolute Gasteiger partial charge is 0.317 e. The first-order valence-corrected chi connectivity index (χ1v) is 10.6. The molecule has 0 radical (unpaired) electrons. The summed E-state index contributed by atoms with van der Waals surface area (Å²) >= 11 is 1.56. The molecule has 1 aliphatic heterocycles. The summed E-state index contributed by atoms with van der Waals surface area (Å²) in [6.07, 6.45) is 3.45. The van der Waals surface area contributed by atoms with Crippen molar-refractivity contribution >= 4 is 17.3 Å². The van der Waals surface area contributed by atoms with Crippen LogP contribution in [-0.4, -0.2) is 29.3 Å². The van der Waals surface area contributed by atoms with Gasteiger partial charge in [0.05, 0.1) is 5.41 Å². The summed E-state index contributed by atoms with van der Waals surface area (Å²) < 4.78 is 22.2. The monoisotopic (exact) mass is 412 g/mol. The molecule has 1 aromatic carbocycles. The van der Waals surface area contributed by atoms with E-state index in [0.717, 1.165) is 36.8 Å². The molecule has 0 N–H and O–H groups in total. The lowest BCUT2D eigenvalue weighted by atomic mass is 9.78. The topological polar surface area (TPSA) is 83.7 Å². The molecule has 2 aliphatic rings. The van der Waals surface area contributed by atoms with Gasteiger partial charge in [-0.1, -0.05) is 24.1 Å². The van der Waals surface area contributed by atoms with E-state index < -0.39 is 5.41 Å². The number of hydrogen-bond acceptors (Lipinski definition) is 8. The summed E-state index contributed by atoms with van der Waals surface area (Å²) in [6.45, 7) is 1.01. The molecule has 1 saturated carbocycles. The van der Waals surface area contributed by atoms with E-state index in [1.54, 1.807) is 11.3 Å². The van der Waals surface area contributed by atoms with Crippen LogP contribution >= 0.6 is 11.3 Å². The van der Waals surface area contributed by atoms with E-state index in [-0.39, 0.29) is 18.5 Å². The second kappa shape index (κ2) is 7.51. The van der Waals surface area contributed by atoms with Crippen molar-refractivity contribution in [1.82, 2.24) is 10.1 Å². The molecule has 0 spiro atoms. The van der Waals surface area contributed by atoms with Crippen LogP contribution in [0.3, 0.4) is 0 Å². The normalized spacial score (nSPS) is 17.2. The molecular weight excluding hydrogens is 392 g/mol. The number of rotatable bonds is 5. The first-order valence-electron chi connectivity index (χ1n) is 9.67. The van der Waals surface area contributed by atoms with Crippen molar-refractivity contribution in [2.24, 2.45) is 0 Å². The molecule has 5 rings (SSSR count). The van der Waals surface area contributed by atoms with Gasteiger partial charge in [-0.2, -0.15) is 16.3 Å². The van der Waals surface area contributed by atoms with Crippen LogP contribution < -0.4 is 9.47 Å². The van der Waals surface area contributed by atoms with Crippen LogP contribution in [0.5, 0.6) is 11.5 Å². The third-order valence-corrected chi connectivity index (χ3v) is 6.20. The van der Waals surface area contributed by atoms with Gasteiger partial charge in [0.1, 0.15) is 13.2 Å². The van der Waals surface area contributed by atoms with E-state index in [4.69, 9.17) is 18.7 Å². The Morgan fingerprint density at radius 1 is 1.14 bits per heavy atom. The second-order valence-electron chi connectivity index (χ2n) is 7.25. The van der Waals surface area contributed by atoms with Crippen molar-refractivity contribution < 1.29 is 23.5 Å². The maximum atomic E-state index is 13.2. The third kappa shape index (κ3) is 3.37. The van der Waals surface area contributed by atoms with E-state index in [1.165, 1.54) is 0 Å². The van der Waals surface area contributed by atoms with Crippen molar-refractivity contribution in [1.29, 1.82) is 0 Å². The van der Waals surface area contributed by atoms with Crippen molar-refractivity contribution in [3.05, 3.63) is 46.5 Å². The number of hydrogen-bond donors (Lipinski definition) is 0. The summed E-state index contributed by atoms with van der Waals surface area (Å²) in [6, 6.07) is 7.66. The predicted molar refractivity (Wildman–Crippen MR) is 105 cm³/mol. The van der Waals surface area contributed by atoms with Crippen LogP contribution in [0.25, 0.3) is 11.4 Å². The fourth-order valence-corrected chi connectivity index (χ4v) is 4.65. The molecule has 0 amide bonds. The summed E-state index contributed by atoms with van der Waals surface area (Å²) in [7, 11) is 0. The molecule has 1 aliphatic carbocycles. The minimum atomic E-state index is -0.675.